The molecule has 0 aromatic carbocycles. The van der Waals surface area contributed by atoms with E-state index >= 15 is 0 Å². The average Bonchev–Trinajstić information content (AvgIpc) is 3.41. The maximum absolute atomic E-state index is 11.6. The molecule has 0 atom stereocenters. The Labute approximate surface area is 181 Å². The van der Waals surface area contributed by atoms with E-state index in [1.165, 1.54) is 0 Å². The van der Waals surface area contributed by atoms with Gasteiger partial charge in [-0.05, 0) is 25.8 Å². The molecule has 1 aliphatic rings. The zero-order valence-corrected chi connectivity index (χ0v) is 18.5. The number of carbonyl (C=O) groups is 1. The summed E-state index contributed by atoms with van der Waals surface area (Å²) in [4.78, 5) is 20.1. The number of halogens is 3. The summed E-state index contributed by atoms with van der Waals surface area (Å²) < 4.78 is 0. The van der Waals surface area contributed by atoms with Gasteiger partial charge in [0.25, 0.3) is 0 Å². The molecular formula is C16H25Cl2IN6O. The van der Waals surface area contributed by atoms with Gasteiger partial charge in [0.05, 0.1) is 16.6 Å². The van der Waals surface area contributed by atoms with Gasteiger partial charge < -0.3 is 21.3 Å². The zero-order chi connectivity index (χ0) is 18.1. The van der Waals surface area contributed by atoms with Crippen molar-refractivity contribution in [3.8, 4) is 0 Å². The van der Waals surface area contributed by atoms with E-state index in [9.17, 15) is 4.79 Å². The smallest absolute Gasteiger partial charge is 0.223 e. The molecular weight excluding hydrogens is 490 g/mol. The summed E-state index contributed by atoms with van der Waals surface area (Å²) in [5.41, 5.74) is 0. The average molecular weight is 515 g/mol. The molecule has 0 bridgehead atoms. The van der Waals surface area contributed by atoms with E-state index in [0.717, 1.165) is 19.4 Å². The van der Waals surface area contributed by atoms with E-state index < -0.39 is 0 Å². The van der Waals surface area contributed by atoms with E-state index in [1.807, 2.05) is 6.92 Å². The Morgan fingerprint density at radius 2 is 1.96 bits per heavy atom. The lowest BCUT2D eigenvalue weighted by atomic mass is 10.4. The van der Waals surface area contributed by atoms with Crippen molar-refractivity contribution in [1.29, 1.82) is 0 Å². The summed E-state index contributed by atoms with van der Waals surface area (Å²) in [6.45, 7) is 5.11. The van der Waals surface area contributed by atoms with Gasteiger partial charge in [-0.25, -0.2) is 4.98 Å². The fourth-order valence-corrected chi connectivity index (χ4v) is 2.53. The van der Waals surface area contributed by atoms with E-state index in [2.05, 4.69) is 31.2 Å². The number of carbonyl (C=O) groups excluding carboxylic acids is 1. The summed E-state index contributed by atoms with van der Waals surface area (Å²) in [6, 6.07) is 1.64. The summed E-state index contributed by atoms with van der Waals surface area (Å²) in [5.74, 6) is 1.68. The quantitative estimate of drug-likeness (QED) is 0.176. The molecule has 0 radical (unpaired) electrons. The molecule has 1 amide bonds. The Morgan fingerprint density at radius 1 is 1.23 bits per heavy atom. The van der Waals surface area contributed by atoms with Crippen molar-refractivity contribution in [2.45, 2.75) is 19.8 Å². The molecule has 146 valence electrons. The van der Waals surface area contributed by atoms with E-state index in [0.29, 0.717) is 48.0 Å². The Balaban J connectivity index is 0.00000338. The predicted molar refractivity (Wildman–Crippen MR) is 118 cm³/mol. The number of anilines is 1. The highest BCUT2D eigenvalue weighted by Crippen LogP contribution is 2.28. The minimum absolute atomic E-state index is 0. The highest BCUT2D eigenvalue weighted by molar-refractivity contribution is 14.0. The maximum Gasteiger partial charge on any atom is 0.223 e. The number of amides is 1. The van der Waals surface area contributed by atoms with Crippen molar-refractivity contribution in [3.63, 3.8) is 0 Å². The molecule has 4 N–H and O–H groups in total. The SMILES string of the molecule is CCNC(=NCCNc1ncc(Cl)cc1Cl)NCCNC(=O)C1CC1.I. The first-order valence-electron chi connectivity index (χ1n) is 8.45. The van der Waals surface area contributed by atoms with Crippen molar-refractivity contribution >= 4 is 64.9 Å². The third kappa shape index (κ3) is 8.59. The summed E-state index contributed by atoms with van der Waals surface area (Å²) in [7, 11) is 0. The van der Waals surface area contributed by atoms with Crippen LogP contribution < -0.4 is 21.3 Å². The normalized spacial score (nSPS) is 13.6. The van der Waals surface area contributed by atoms with Gasteiger partial charge in [-0.15, -0.1) is 24.0 Å². The van der Waals surface area contributed by atoms with E-state index in [1.54, 1.807) is 12.3 Å². The van der Waals surface area contributed by atoms with Gasteiger partial charge in [-0.3, -0.25) is 9.79 Å². The van der Waals surface area contributed by atoms with E-state index in [4.69, 9.17) is 23.2 Å². The van der Waals surface area contributed by atoms with Crippen LogP contribution in [0.3, 0.4) is 0 Å². The minimum Gasteiger partial charge on any atom is -0.367 e. The van der Waals surface area contributed by atoms with Crippen LogP contribution in [0.15, 0.2) is 17.3 Å². The number of hydrogen-bond acceptors (Lipinski definition) is 4. The first kappa shape index (κ1) is 23.0. The zero-order valence-electron chi connectivity index (χ0n) is 14.6. The molecule has 1 aliphatic carbocycles. The van der Waals surface area contributed by atoms with Crippen LogP contribution in [-0.2, 0) is 4.79 Å². The van der Waals surface area contributed by atoms with Crippen LogP contribution in [0.4, 0.5) is 5.82 Å². The monoisotopic (exact) mass is 514 g/mol. The first-order chi connectivity index (χ1) is 12.1. The number of aromatic nitrogens is 1. The number of rotatable bonds is 9. The lowest BCUT2D eigenvalue weighted by Crippen LogP contribution is -2.42. The fourth-order valence-electron chi connectivity index (χ4n) is 2.08. The molecule has 0 saturated heterocycles. The number of hydrogen-bond donors (Lipinski definition) is 4. The lowest BCUT2D eigenvalue weighted by Gasteiger charge is -2.12. The molecule has 2 rings (SSSR count). The van der Waals surface area contributed by atoms with Gasteiger partial charge in [0, 0.05) is 38.3 Å². The predicted octanol–water partition coefficient (Wildman–Crippen LogP) is 2.50. The molecule has 7 nitrogen and oxygen atoms in total. The Morgan fingerprint density at radius 3 is 2.62 bits per heavy atom. The molecule has 1 saturated carbocycles. The maximum atomic E-state index is 11.6. The van der Waals surface area contributed by atoms with Crippen molar-refractivity contribution < 1.29 is 4.79 Å². The standard InChI is InChI=1S/C16H24Cl2N6O.HI/c1-2-19-16(23-8-6-21-15(25)11-3-4-11)22-7-5-20-14-13(18)9-12(17)10-24-14;/h9-11H,2-8H2,1H3,(H,20,24)(H,21,25)(H2,19,22,23);1H. The molecule has 0 aliphatic heterocycles. The van der Waals surface area contributed by atoms with Gasteiger partial charge in [0.15, 0.2) is 5.96 Å². The second-order valence-electron chi connectivity index (χ2n) is 5.66. The minimum atomic E-state index is 0. The van der Waals surface area contributed by atoms with Gasteiger partial charge >= 0.3 is 0 Å². The summed E-state index contributed by atoms with van der Waals surface area (Å²) in [5, 5.41) is 13.4. The largest absolute Gasteiger partial charge is 0.367 e. The molecule has 0 unspecified atom stereocenters. The number of nitrogens with one attached hydrogen (secondary N) is 4. The fraction of sp³-hybridized carbons (Fsp3) is 0.562. The van der Waals surface area contributed by atoms with Gasteiger partial charge in [-0.1, -0.05) is 23.2 Å². The van der Waals surface area contributed by atoms with Crippen LogP contribution in [-0.4, -0.2) is 49.6 Å². The van der Waals surface area contributed by atoms with Gasteiger partial charge in [0.2, 0.25) is 5.91 Å². The molecule has 1 aromatic rings. The molecule has 1 aromatic heterocycles. The molecule has 0 spiro atoms. The molecule has 1 fully saturated rings. The number of aliphatic imine (C=N–C) groups is 1. The number of nitrogens with zero attached hydrogens (tertiary/aromatic N) is 2. The van der Waals surface area contributed by atoms with Crippen LogP contribution in [0.25, 0.3) is 0 Å². The van der Waals surface area contributed by atoms with Crippen LogP contribution in [0, 0.1) is 5.92 Å². The lowest BCUT2D eigenvalue weighted by molar-refractivity contribution is -0.122. The number of pyridine rings is 1. The van der Waals surface area contributed by atoms with Gasteiger partial charge in [0.1, 0.15) is 5.82 Å². The topological polar surface area (TPSA) is 90.4 Å². The Kier molecular flexibility index (Phi) is 11.0. The van der Waals surface area contributed by atoms with Crippen LogP contribution in [0.2, 0.25) is 10.0 Å². The molecule has 1 heterocycles. The van der Waals surface area contributed by atoms with Crippen molar-refractivity contribution in [2.24, 2.45) is 10.9 Å². The van der Waals surface area contributed by atoms with Crippen LogP contribution >= 0.6 is 47.2 Å². The van der Waals surface area contributed by atoms with Crippen molar-refractivity contribution in [2.75, 3.05) is 38.0 Å². The third-order valence-electron chi connectivity index (χ3n) is 3.49. The molecule has 26 heavy (non-hydrogen) atoms. The van der Waals surface area contributed by atoms with Crippen LogP contribution in [0.1, 0.15) is 19.8 Å². The Bertz CT molecular complexity index is 612. The Hall–Kier alpha value is -1.000. The highest BCUT2D eigenvalue weighted by Gasteiger charge is 2.28. The number of guanidine groups is 1. The second kappa shape index (κ2) is 12.4. The van der Waals surface area contributed by atoms with Gasteiger partial charge in [-0.2, -0.15) is 0 Å². The van der Waals surface area contributed by atoms with Crippen molar-refractivity contribution in [1.82, 2.24) is 20.9 Å². The first-order valence-corrected chi connectivity index (χ1v) is 9.20. The van der Waals surface area contributed by atoms with Crippen molar-refractivity contribution in [3.05, 3.63) is 22.3 Å². The second-order valence-corrected chi connectivity index (χ2v) is 6.51. The van der Waals surface area contributed by atoms with Crippen LogP contribution in [0.5, 0.6) is 0 Å². The summed E-state index contributed by atoms with van der Waals surface area (Å²) >= 11 is 11.9. The molecule has 10 heteroatoms. The third-order valence-corrected chi connectivity index (χ3v) is 3.99. The van der Waals surface area contributed by atoms with E-state index in [-0.39, 0.29) is 35.8 Å². The highest BCUT2D eigenvalue weighted by atomic mass is 127. The summed E-state index contributed by atoms with van der Waals surface area (Å²) in [6.07, 6.45) is 3.58.